The number of hydrogen-bond donors (Lipinski definition) is 1. The van der Waals surface area contributed by atoms with Crippen molar-refractivity contribution < 1.29 is 13.8 Å². The van der Waals surface area contributed by atoms with Gasteiger partial charge >= 0.3 is 0 Å². The second-order valence-electron chi connectivity index (χ2n) is 4.80. The Morgan fingerprint density at radius 1 is 1.29 bits per heavy atom. The minimum Gasteiger partial charge on any atom is -0.374 e. The van der Waals surface area contributed by atoms with Crippen LogP contribution in [0.15, 0.2) is 47.0 Å². The summed E-state index contributed by atoms with van der Waals surface area (Å²) in [4.78, 5) is 14.1. The first-order valence-corrected chi connectivity index (χ1v) is 7.17. The fourth-order valence-corrected chi connectivity index (χ4v) is 2.19. The molecule has 1 heterocycles. The number of aromatic nitrogens is 2. The third-order valence-electron chi connectivity index (χ3n) is 3.14. The highest BCUT2D eigenvalue weighted by molar-refractivity contribution is 6.30. The normalized spacial score (nSPS) is 10.6. The maximum Gasteiger partial charge on any atom is 0.272 e. The van der Waals surface area contributed by atoms with Gasteiger partial charge in [0.2, 0.25) is 11.7 Å². The van der Waals surface area contributed by atoms with Crippen LogP contribution in [0.5, 0.6) is 0 Å². The van der Waals surface area contributed by atoms with Crippen molar-refractivity contribution in [1.29, 1.82) is 0 Å². The molecular formula is C15H10ClFN4O3. The monoisotopic (exact) mass is 348 g/mol. The molecule has 3 rings (SSSR count). The van der Waals surface area contributed by atoms with Crippen LogP contribution in [0.2, 0.25) is 5.02 Å². The Morgan fingerprint density at radius 2 is 2.12 bits per heavy atom. The van der Waals surface area contributed by atoms with E-state index >= 15 is 0 Å². The quantitative estimate of drug-likeness (QED) is 0.552. The number of non-ortho nitro benzene ring substituents is 1. The van der Waals surface area contributed by atoms with E-state index in [0.717, 1.165) is 6.07 Å². The number of anilines is 1. The number of hydrogen-bond acceptors (Lipinski definition) is 6. The van der Waals surface area contributed by atoms with Crippen molar-refractivity contribution in [2.24, 2.45) is 0 Å². The molecule has 24 heavy (non-hydrogen) atoms. The first-order valence-electron chi connectivity index (χ1n) is 6.79. The zero-order valence-electron chi connectivity index (χ0n) is 12.1. The minimum atomic E-state index is -0.737. The lowest BCUT2D eigenvalue weighted by atomic mass is 10.2. The minimum absolute atomic E-state index is 0.0717. The first-order chi connectivity index (χ1) is 11.5. The number of nitro groups is 1. The molecule has 0 aliphatic heterocycles. The summed E-state index contributed by atoms with van der Waals surface area (Å²) in [7, 11) is 0. The zero-order chi connectivity index (χ0) is 17.1. The lowest BCUT2D eigenvalue weighted by Gasteiger charge is -2.04. The van der Waals surface area contributed by atoms with E-state index in [9.17, 15) is 14.5 Å². The molecule has 0 radical (unpaired) electrons. The van der Waals surface area contributed by atoms with Gasteiger partial charge in [-0.1, -0.05) is 28.9 Å². The Bertz CT molecular complexity index is 900. The molecule has 0 aliphatic carbocycles. The highest BCUT2D eigenvalue weighted by Gasteiger charge is 2.12. The molecule has 0 spiro atoms. The number of nitro benzene ring substituents is 1. The van der Waals surface area contributed by atoms with Crippen LogP contribution < -0.4 is 5.32 Å². The van der Waals surface area contributed by atoms with E-state index in [1.54, 1.807) is 24.3 Å². The number of benzene rings is 2. The molecule has 3 aromatic rings. The van der Waals surface area contributed by atoms with Crippen molar-refractivity contribution >= 4 is 23.0 Å². The van der Waals surface area contributed by atoms with Crippen LogP contribution in [-0.2, 0) is 6.54 Å². The van der Waals surface area contributed by atoms with Crippen molar-refractivity contribution in [3.05, 3.63) is 69.3 Å². The highest BCUT2D eigenvalue weighted by atomic mass is 35.5. The van der Waals surface area contributed by atoms with Crippen LogP contribution in [-0.4, -0.2) is 15.1 Å². The van der Waals surface area contributed by atoms with Crippen LogP contribution in [0.4, 0.5) is 15.8 Å². The van der Waals surface area contributed by atoms with Gasteiger partial charge in [0.15, 0.2) is 5.82 Å². The number of rotatable bonds is 5. The van der Waals surface area contributed by atoms with Crippen molar-refractivity contribution in [2.45, 2.75) is 6.54 Å². The van der Waals surface area contributed by atoms with E-state index in [4.69, 9.17) is 16.1 Å². The van der Waals surface area contributed by atoms with Gasteiger partial charge in [-0.25, -0.2) is 4.39 Å². The average Bonchev–Trinajstić information content (AvgIpc) is 3.02. The van der Waals surface area contributed by atoms with Gasteiger partial charge in [-0.2, -0.15) is 4.98 Å². The van der Waals surface area contributed by atoms with Crippen LogP contribution in [0.3, 0.4) is 0 Å². The molecule has 7 nitrogen and oxygen atoms in total. The second-order valence-corrected chi connectivity index (χ2v) is 5.23. The summed E-state index contributed by atoms with van der Waals surface area (Å²) in [5.41, 5.74) is 0.473. The summed E-state index contributed by atoms with van der Waals surface area (Å²) in [6.07, 6.45) is 0. The van der Waals surface area contributed by atoms with Gasteiger partial charge < -0.3 is 9.84 Å². The molecule has 0 atom stereocenters. The molecular weight excluding hydrogens is 339 g/mol. The van der Waals surface area contributed by atoms with Crippen molar-refractivity contribution in [1.82, 2.24) is 10.1 Å². The molecule has 0 bridgehead atoms. The maximum atomic E-state index is 13.8. The van der Waals surface area contributed by atoms with Crippen LogP contribution >= 0.6 is 11.6 Å². The van der Waals surface area contributed by atoms with Crippen molar-refractivity contribution in [2.75, 3.05) is 5.32 Å². The van der Waals surface area contributed by atoms with Crippen molar-refractivity contribution in [3.8, 4) is 11.4 Å². The Balaban J connectivity index is 1.71. The average molecular weight is 349 g/mol. The largest absolute Gasteiger partial charge is 0.374 e. The number of nitrogens with zero attached hydrogens (tertiary/aromatic N) is 3. The molecule has 0 saturated heterocycles. The summed E-state index contributed by atoms with van der Waals surface area (Å²) in [5, 5.41) is 17.7. The van der Waals surface area contributed by atoms with E-state index in [-0.39, 0.29) is 23.8 Å². The topological polar surface area (TPSA) is 94.1 Å². The number of halogens is 2. The third-order valence-corrected chi connectivity index (χ3v) is 3.38. The van der Waals surface area contributed by atoms with Gasteiger partial charge in [0.25, 0.3) is 5.69 Å². The molecule has 1 aromatic heterocycles. The molecule has 1 N–H and O–H groups in total. The van der Waals surface area contributed by atoms with Crippen molar-refractivity contribution in [3.63, 3.8) is 0 Å². The predicted molar refractivity (Wildman–Crippen MR) is 85.1 cm³/mol. The van der Waals surface area contributed by atoms with E-state index < -0.39 is 10.7 Å². The maximum absolute atomic E-state index is 13.8. The standard InChI is InChI=1S/C15H10ClFN4O3/c16-10-3-1-2-9(6-10)15-19-14(24-20-15)8-18-13-5-4-11(21(22)23)7-12(13)17/h1-7,18H,8H2. The van der Waals surface area contributed by atoms with E-state index in [0.29, 0.717) is 16.4 Å². The molecule has 9 heteroatoms. The molecule has 122 valence electrons. The fraction of sp³-hybridized carbons (Fsp3) is 0.0667. The Labute approximate surface area is 140 Å². The smallest absolute Gasteiger partial charge is 0.272 e. The molecule has 0 saturated carbocycles. The van der Waals surface area contributed by atoms with E-state index in [2.05, 4.69) is 15.5 Å². The molecule has 0 amide bonds. The molecule has 0 unspecified atom stereocenters. The number of nitrogens with one attached hydrogen (secondary N) is 1. The predicted octanol–water partition coefficient (Wildman–Crippen LogP) is 4.05. The first kappa shape index (κ1) is 15.9. The van der Waals surface area contributed by atoms with Gasteiger partial charge in [-0.05, 0) is 18.2 Å². The lowest BCUT2D eigenvalue weighted by molar-refractivity contribution is -0.385. The van der Waals surface area contributed by atoms with Gasteiger partial charge in [0.05, 0.1) is 23.2 Å². The van der Waals surface area contributed by atoms with Gasteiger partial charge in [-0.15, -0.1) is 0 Å². The highest BCUT2D eigenvalue weighted by Crippen LogP contribution is 2.22. The SMILES string of the molecule is O=[N+]([O-])c1ccc(NCc2nc(-c3cccc(Cl)c3)no2)c(F)c1. The van der Waals surface area contributed by atoms with Gasteiger partial charge in [-0.3, -0.25) is 10.1 Å². The molecule has 2 aromatic carbocycles. The summed E-state index contributed by atoms with van der Waals surface area (Å²) < 4.78 is 18.9. The van der Waals surface area contributed by atoms with Crippen LogP contribution in [0.25, 0.3) is 11.4 Å². The van der Waals surface area contributed by atoms with E-state index in [1.165, 1.54) is 12.1 Å². The lowest BCUT2D eigenvalue weighted by Crippen LogP contribution is -2.02. The Morgan fingerprint density at radius 3 is 2.83 bits per heavy atom. The fourth-order valence-electron chi connectivity index (χ4n) is 2.00. The molecule has 0 fully saturated rings. The summed E-state index contributed by atoms with van der Waals surface area (Å²) in [6, 6.07) is 10.3. The summed E-state index contributed by atoms with van der Waals surface area (Å²) in [5.74, 6) is -0.139. The van der Waals surface area contributed by atoms with Crippen LogP contribution in [0, 0.1) is 15.9 Å². The van der Waals surface area contributed by atoms with E-state index in [1.807, 2.05) is 0 Å². The third kappa shape index (κ3) is 3.49. The Hall–Kier alpha value is -3.00. The zero-order valence-corrected chi connectivity index (χ0v) is 12.8. The summed E-state index contributed by atoms with van der Waals surface area (Å²) >= 11 is 5.91. The summed E-state index contributed by atoms with van der Waals surface area (Å²) in [6.45, 7) is 0.0717. The second kappa shape index (κ2) is 6.63. The Kier molecular flexibility index (Phi) is 4.39. The van der Waals surface area contributed by atoms with Gasteiger partial charge in [0.1, 0.15) is 0 Å². The molecule has 0 aliphatic rings. The van der Waals surface area contributed by atoms with Crippen LogP contribution in [0.1, 0.15) is 5.89 Å². The van der Waals surface area contributed by atoms with Gasteiger partial charge in [0, 0.05) is 16.7 Å².